The number of carbonyl (C=O) groups is 1. The predicted molar refractivity (Wildman–Crippen MR) is 103 cm³/mol. The van der Waals surface area contributed by atoms with Gasteiger partial charge in [0.25, 0.3) is 0 Å². The van der Waals surface area contributed by atoms with Gasteiger partial charge in [-0.15, -0.1) is 0 Å². The molecule has 4 rings (SSSR count). The van der Waals surface area contributed by atoms with Crippen molar-refractivity contribution in [1.82, 2.24) is 0 Å². The Hall–Kier alpha value is -0.570. The standard InChI is InChI=1S/C23H38O3/c1-16(24)25-13-14-26-18-8-12-23(3)17(15-18)6-7-19-20-5-4-10-22(20,2)11-9-21(19)23/h17-21H,4-15H2,1-3H3. The summed E-state index contributed by atoms with van der Waals surface area (Å²) in [4.78, 5) is 10.9. The molecule has 0 aromatic rings. The fourth-order valence-electron chi connectivity index (χ4n) is 7.76. The van der Waals surface area contributed by atoms with Crippen LogP contribution in [0.3, 0.4) is 0 Å². The van der Waals surface area contributed by atoms with Gasteiger partial charge in [-0.1, -0.05) is 20.3 Å². The fourth-order valence-corrected chi connectivity index (χ4v) is 7.76. The fraction of sp³-hybridized carbons (Fsp3) is 0.957. The molecule has 0 radical (unpaired) electrons. The highest BCUT2D eigenvalue weighted by Crippen LogP contribution is 2.66. The van der Waals surface area contributed by atoms with E-state index in [9.17, 15) is 4.79 Å². The molecule has 148 valence electrons. The molecule has 3 nitrogen and oxygen atoms in total. The van der Waals surface area contributed by atoms with Gasteiger partial charge in [0.05, 0.1) is 12.7 Å². The molecular formula is C23H38O3. The Kier molecular flexibility index (Phi) is 5.14. The minimum absolute atomic E-state index is 0.209. The SMILES string of the molecule is CC(=O)OCCOC1CCC2(C)C(CCC3C4CCCC4(C)CCC32)C1. The molecule has 0 aliphatic heterocycles. The van der Waals surface area contributed by atoms with Crippen LogP contribution < -0.4 is 0 Å². The van der Waals surface area contributed by atoms with Crippen LogP contribution in [-0.4, -0.2) is 25.3 Å². The second-order valence-corrected chi connectivity index (χ2v) is 10.3. The van der Waals surface area contributed by atoms with Gasteiger partial charge in [0, 0.05) is 6.92 Å². The smallest absolute Gasteiger partial charge is 0.302 e. The van der Waals surface area contributed by atoms with E-state index in [1.54, 1.807) is 0 Å². The normalized spacial score (nSPS) is 47.6. The molecular weight excluding hydrogens is 324 g/mol. The van der Waals surface area contributed by atoms with E-state index < -0.39 is 0 Å². The Morgan fingerprint density at radius 1 is 0.962 bits per heavy atom. The van der Waals surface area contributed by atoms with Crippen LogP contribution in [0.1, 0.15) is 85.0 Å². The van der Waals surface area contributed by atoms with E-state index in [0.29, 0.717) is 30.1 Å². The summed E-state index contributed by atoms with van der Waals surface area (Å²) in [6, 6.07) is 0. The number of rotatable bonds is 4. The van der Waals surface area contributed by atoms with Gasteiger partial charge in [0.15, 0.2) is 0 Å². The van der Waals surface area contributed by atoms with Crippen molar-refractivity contribution in [2.45, 2.75) is 91.1 Å². The average Bonchev–Trinajstić information content (AvgIpc) is 3.00. The molecule has 3 heteroatoms. The van der Waals surface area contributed by atoms with Crippen molar-refractivity contribution in [1.29, 1.82) is 0 Å². The quantitative estimate of drug-likeness (QED) is 0.498. The lowest BCUT2D eigenvalue weighted by Gasteiger charge is -2.60. The zero-order valence-corrected chi connectivity index (χ0v) is 17.1. The molecule has 0 heterocycles. The second kappa shape index (κ2) is 7.11. The van der Waals surface area contributed by atoms with E-state index in [2.05, 4.69) is 13.8 Å². The van der Waals surface area contributed by atoms with Crippen LogP contribution in [0.5, 0.6) is 0 Å². The van der Waals surface area contributed by atoms with Crippen molar-refractivity contribution in [3.63, 3.8) is 0 Å². The minimum atomic E-state index is -0.209. The second-order valence-electron chi connectivity index (χ2n) is 10.3. The van der Waals surface area contributed by atoms with Crippen LogP contribution >= 0.6 is 0 Å². The monoisotopic (exact) mass is 362 g/mol. The van der Waals surface area contributed by atoms with Crippen LogP contribution in [0.2, 0.25) is 0 Å². The van der Waals surface area contributed by atoms with Gasteiger partial charge in [0.1, 0.15) is 6.61 Å². The zero-order valence-electron chi connectivity index (χ0n) is 17.1. The van der Waals surface area contributed by atoms with Crippen molar-refractivity contribution < 1.29 is 14.3 Å². The van der Waals surface area contributed by atoms with Crippen LogP contribution in [0.15, 0.2) is 0 Å². The third kappa shape index (κ3) is 3.23. The Bertz CT molecular complexity index is 532. The Balaban J connectivity index is 1.37. The lowest BCUT2D eigenvalue weighted by Crippen LogP contribution is -2.53. The van der Waals surface area contributed by atoms with E-state index in [1.807, 2.05) is 0 Å². The minimum Gasteiger partial charge on any atom is -0.463 e. The first-order valence-corrected chi connectivity index (χ1v) is 11.2. The van der Waals surface area contributed by atoms with Crippen molar-refractivity contribution in [2.75, 3.05) is 13.2 Å². The van der Waals surface area contributed by atoms with E-state index in [0.717, 1.165) is 23.7 Å². The van der Waals surface area contributed by atoms with Gasteiger partial charge in [-0.2, -0.15) is 0 Å². The van der Waals surface area contributed by atoms with E-state index in [4.69, 9.17) is 9.47 Å². The highest BCUT2D eigenvalue weighted by Gasteiger charge is 2.57. The molecule has 0 spiro atoms. The van der Waals surface area contributed by atoms with Gasteiger partial charge >= 0.3 is 5.97 Å². The summed E-state index contributed by atoms with van der Waals surface area (Å²) in [6.45, 7) is 7.65. The van der Waals surface area contributed by atoms with Gasteiger partial charge in [-0.3, -0.25) is 4.79 Å². The molecule has 0 aromatic carbocycles. The van der Waals surface area contributed by atoms with Crippen LogP contribution in [0.25, 0.3) is 0 Å². The average molecular weight is 363 g/mol. The first-order chi connectivity index (χ1) is 12.4. The molecule has 0 aromatic heterocycles. The highest BCUT2D eigenvalue weighted by atomic mass is 16.6. The molecule has 0 bridgehead atoms. The number of fused-ring (bicyclic) bond motifs is 5. The van der Waals surface area contributed by atoms with Crippen molar-refractivity contribution >= 4 is 5.97 Å². The van der Waals surface area contributed by atoms with Crippen molar-refractivity contribution in [2.24, 2.45) is 34.5 Å². The number of ether oxygens (including phenoxy) is 2. The number of esters is 1. The molecule has 0 saturated heterocycles. The van der Waals surface area contributed by atoms with Gasteiger partial charge < -0.3 is 9.47 Å². The summed E-state index contributed by atoms with van der Waals surface area (Å²) in [5.74, 6) is 3.59. The van der Waals surface area contributed by atoms with E-state index >= 15 is 0 Å². The van der Waals surface area contributed by atoms with E-state index in [-0.39, 0.29) is 5.97 Å². The number of carbonyl (C=O) groups excluding carboxylic acids is 1. The predicted octanol–water partition coefficient (Wildman–Crippen LogP) is 5.37. The molecule has 7 atom stereocenters. The number of hydrogen-bond acceptors (Lipinski definition) is 3. The maximum absolute atomic E-state index is 10.9. The highest BCUT2D eigenvalue weighted by molar-refractivity contribution is 5.65. The topological polar surface area (TPSA) is 35.5 Å². The molecule has 26 heavy (non-hydrogen) atoms. The van der Waals surface area contributed by atoms with Gasteiger partial charge in [-0.05, 0) is 92.3 Å². The molecule has 4 aliphatic rings. The molecule has 0 N–H and O–H groups in total. The molecule has 4 fully saturated rings. The lowest BCUT2D eigenvalue weighted by atomic mass is 9.45. The largest absolute Gasteiger partial charge is 0.463 e. The third-order valence-corrected chi connectivity index (χ3v) is 9.14. The number of hydrogen-bond donors (Lipinski definition) is 0. The first kappa shape index (κ1) is 18.8. The van der Waals surface area contributed by atoms with Crippen LogP contribution in [-0.2, 0) is 14.3 Å². The van der Waals surface area contributed by atoms with Crippen LogP contribution in [0, 0.1) is 34.5 Å². The van der Waals surface area contributed by atoms with Gasteiger partial charge in [-0.25, -0.2) is 0 Å². The Morgan fingerprint density at radius 3 is 2.62 bits per heavy atom. The summed E-state index contributed by atoms with van der Waals surface area (Å²) >= 11 is 0. The molecule has 4 saturated carbocycles. The zero-order chi connectivity index (χ0) is 18.4. The lowest BCUT2D eigenvalue weighted by molar-refractivity contribution is -0.147. The first-order valence-electron chi connectivity index (χ1n) is 11.2. The Morgan fingerprint density at radius 2 is 1.81 bits per heavy atom. The summed E-state index contributed by atoms with van der Waals surface area (Å²) in [5.41, 5.74) is 1.21. The summed E-state index contributed by atoms with van der Waals surface area (Å²) < 4.78 is 11.1. The van der Waals surface area contributed by atoms with Crippen LogP contribution in [0.4, 0.5) is 0 Å². The summed E-state index contributed by atoms with van der Waals surface area (Å²) in [6.07, 6.45) is 14.4. The molecule has 4 aliphatic carbocycles. The van der Waals surface area contributed by atoms with E-state index in [1.165, 1.54) is 71.1 Å². The third-order valence-electron chi connectivity index (χ3n) is 9.14. The molecule has 7 unspecified atom stereocenters. The van der Waals surface area contributed by atoms with Gasteiger partial charge in [0.2, 0.25) is 0 Å². The van der Waals surface area contributed by atoms with Crippen molar-refractivity contribution in [3.05, 3.63) is 0 Å². The maximum Gasteiger partial charge on any atom is 0.302 e. The Labute approximate surface area is 159 Å². The molecule has 0 amide bonds. The summed E-state index contributed by atoms with van der Waals surface area (Å²) in [7, 11) is 0. The summed E-state index contributed by atoms with van der Waals surface area (Å²) in [5, 5.41) is 0. The van der Waals surface area contributed by atoms with Crippen molar-refractivity contribution in [3.8, 4) is 0 Å². The maximum atomic E-state index is 10.9.